The van der Waals surface area contributed by atoms with Crippen molar-refractivity contribution in [3.63, 3.8) is 0 Å². The quantitative estimate of drug-likeness (QED) is 0.915. The van der Waals surface area contributed by atoms with Gasteiger partial charge in [0.1, 0.15) is 0 Å². The fourth-order valence-corrected chi connectivity index (χ4v) is 3.22. The van der Waals surface area contributed by atoms with Gasteiger partial charge in [0.05, 0.1) is 13.2 Å². The summed E-state index contributed by atoms with van der Waals surface area (Å²) in [5.74, 6) is 0. The van der Waals surface area contributed by atoms with Crippen LogP contribution in [0.3, 0.4) is 0 Å². The number of nitrogens with one attached hydrogen (secondary N) is 1. The summed E-state index contributed by atoms with van der Waals surface area (Å²) < 4.78 is 5.41. The van der Waals surface area contributed by atoms with Crippen LogP contribution in [0.25, 0.3) is 0 Å². The molecule has 0 aliphatic carbocycles. The summed E-state index contributed by atoms with van der Waals surface area (Å²) in [6, 6.07) is 8.12. The lowest BCUT2D eigenvalue weighted by Gasteiger charge is -2.28. The van der Waals surface area contributed by atoms with Crippen LogP contribution in [-0.4, -0.2) is 80.3 Å². The molecule has 0 aromatic heterocycles. The maximum atomic E-state index is 12.6. The van der Waals surface area contributed by atoms with Crippen LogP contribution in [0.15, 0.2) is 24.3 Å². The van der Waals surface area contributed by atoms with Crippen molar-refractivity contribution < 1.29 is 9.53 Å². The number of carbonyl (C=O) groups is 1. The van der Waals surface area contributed by atoms with Gasteiger partial charge < -0.3 is 19.9 Å². The van der Waals surface area contributed by atoms with Crippen LogP contribution in [0.1, 0.15) is 12.0 Å². The Kier molecular flexibility index (Phi) is 6.07. The van der Waals surface area contributed by atoms with E-state index in [1.807, 2.05) is 23.1 Å². The van der Waals surface area contributed by atoms with E-state index in [0.717, 1.165) is 71.1 Å². The van der Waals surface area contributed by atoms with Gasteiger partial charge in [-0.1, -0.05) is 18.2 Å². The Hall–Kier alpha value is -1.63. The van der Waals surface area contributed by atoms with Gasteiger partial charge in [-0.2, -0.15) is 0 Å². The SMILES string of the molecule is CN1CCCN(C(=O)Nc2ccccc2CN2CCOCC2)CC1. The number of rotatable bonds is 3. The highest BCUT2D eigenvalue weighted by atomic mass is 16.5. The van der Waals surface area contributed by atoms with E-state index < -0.39 is 0 Å². The lowest BCUT2D eigenvalue weighted by molar-refractivity contribution is 0.0342. The number of ether oxygens (including phenoxy) is 1. The monoisotopic (exact) mass is 332 g/mol. The summed E-state index contributed by atoms with van der Waals surface area (Å²) in [4.78, 5) is 19.2. The summed E-state index contributed by atoms with van der Waals surface area (Å²) in [6.07, 6.45) is 1.03. The first-order chi connectivity index (χ1) is 11.7. The molecule has 1 aromatic carbocycles. The topological polar surface area (TPSA) is 48.0 Å². The zero-order valence-electron chi connectivity index (χ0n) is 14.5. The molecule has 6 heteroatoms. The van der Waals surface area contributed by atoms with Gasteiger partial charge in [0.25, 0.3) is 0 Å². The lowest BCUT2D eigenvalue weighted by Crippen LogP contribution is -2.38. The number of para-hydroxylation sites is 1. The lowest BCUT2D eigenvalue weighted by atomic mass is 10.1. The van der Waals surface area contributed by atoms with E-state index in [-0.39, 0.29) is 6.03 Å². The third-order valence-electron chi connectivity index (χ3n) is 4.76. The summed E-state index contributed by atoms with van der Waals surface area (Å²) >= 11 is 0. The molecule has 1 aromatic rings. The van der Waals surface area contributed by atoms with Crippen LogP contribution in [0.5, 0.6) is 0 Å². The number of hydrogen-bond acceptors (Lipinski definition) is 4. The first-order valence-electron chi connectivity index (χ1n) is 8.85. The molecule has 2 aliphatic rings. The summed E-state index contributed by atoms with van der Waals surface area (Å²) in [7, 11) is 2.11. The molecule has 2 heterocycles. The average Bonchev–Trinajstić information content (AvgIpc) is 2.82. The molecular weight excluding hydrogens is 304 g/mol. The van der Waals surface area contributed by atoms with Crippen molar-refractivity contribution in [2.45, 2.75) is 13.0 Å². The van der Waals surface area contributed by atoms with E-state index in [9.17, 15) is 4.79 Å². The molecule has 24 heavy (non-hydrogen) atoms. The van der Waals surface area contributed by atoms with Crippen LogP contribution in [0.4, 0.5) is 10.5 Å². The van der Waals surface area contributed by atoms with E-state index in [4.69, 9.17) is 4.74 Å². The molecular formula is C18H28N4O2. The van der Waals surface area contributed by atoms with Gasteiger partial charge in [-0.15, -0.1) is 0 Å². The van der Waals surface area contributed by atoms with Crippen LogP contribution in [0, 0.1) is 0 Å². The molecule has 0 atom stereocenters. The molecule has 0 radical (unpaired) electrons. The Morgan fingerprint density at radius 1 is 1.08 bits per heavy atom. The van der Waals surface area contributed by atoms with Crippen molar-refractivity contribution in [3.8, 4) is 0 Å². The van der Waals surface area contributed by atoms with Crippen LogP contribution in [-0.2, 0) is 11.3 Å². The first kappa shape index (κ1) is 17.2. The van der Waals surface area contributed by atoms with E-state index in [0.29, 0.717) is 0 Å². The first-order valence-corrected chi connectivity index (χ1v) is 8.85. The van der Waals surface area contributed by atoms with Crippen LogP contribution in [0.2, 0.25) is 0 Å². The van der Waals surface area contributed by atoms with Crippen molar-refractivity contribution in [1.29, 1.82) is 0 Å². The largest absolute Gasteiger partial charge is 0.379 e. The molecule has 0 spiro atoms. The fraction of sp³-hybridized carbons (Fsp3) is 0.611. The maximum Gasteiger partial charge on any atom is 0.321 e. The second kappa shape index (κ2) is 8.46. The Balaban J connectivity index is 1.62. The summed E-state index contributed by atoms with van der Waals surface area (Å²) in [5.41, 5.74) is 2.09. The maximum absolute atomic E-state index is 12.6. The highest BCUT2D eigenvalue weighted by Crippen LogP contribution is 2.19. The second-order valence-electron chi connectivity index (χ2n) is 6.62. The Bertz CT molecular complexity index is 546. The molecule has 6 nitrogen and oxygen atoms in total. The van der Waals surface area contributed by atoms with Gasteiger partial charge in [0.15, 0.2) is 0 Å². The van der Waals surface area contributed by atoms with Gasteiger partial charge in [0, 0.05) is 45.0 Å². The van der Waals surface area contributed by atoms with Gasteiger partial charge in [-0.05, 0) is 31.6 Å². The highest BCUT2D eigenvalue weighted by Gasteiger charge is 2.19. The second-order valence-corrected chi connectivity index (χ2v) is 6.62. The number of anilines is 1. The molecule has 2 saturated heterocycles. The summed E-state index contributed by atoms with van der Waals surface area (Å²) in [5, 5.41) is 3.12. The third-order valence-corrected chi connectivity index (χ3v) is 4.76. The Morgan fingerprint density at radius 2 is 1.88 bits per heavy atom. The van der Waals surface area contributed by atoms with Gasteiger partial charge in [0.2, 0.25) is 0 Å². The molecule has 2 aliphatic heterocycles. The molecule has 132 valence electrons. The number of morpholine rings is 1. The standard InChI is InChI=1S/C18H28N4O2/c1-20-7-4-8-22(10-9-20)18(23)19-17-6-3-2-5-16(17)15-21-11-13-24-14-12-21/h2-3,5-6H,4,7-15H2,1H3,(H,19,23). The van der Waals surface area contributed by atoms with Crippen LogP contribution >= 0.6 is 0 Å². The van der Waals surface area contributed by atoms with Crippen LogP contribution < -0.4 is 5.32 Å². The minimum absolute atomic E-state index is 0.0136. The highest BCUT2D eigenvalue weighted by molar-refractivity contribution is 5.90. The summed E-state index contributed by atoms with van der Waals surface area (Å²) in [6.45, 7) is 7.91. The average molecular weight is 332 g/mol. The molecule has 2 amide bonds. The van der Waals surface area contributed by atoms with Crippen molar-refractivity contribution in [3.05, 3.63) is 29.8 Å². The van der Waals surface area contributed by atoms with Crippen molar-refractivity contribution in [2.24, 2.45) is 0 Å². The van der Waals surface area contributed by atoms with Crippen molar-refractivity contribution in [1.82, 2.24) is 14.7 Å². The van der Waals surface area contributed by atoms with E-state index >= 15 is 0 Å². The number of carbonyl (C=O) groups excluding carboxylic acids is 1. The molecule has 0 unspecified atom stereocenters. The Labute approximate surface area is 144 Å². The Morgan fingerprint density at radius 3 is 2.71 bits per heavy atom. The van der Waals surface area contributed by atoms with Gasteiger partial charge in [-0.3, -0.25) is 4.90 Å². The normalized spacial score (nSPS) is 20.6. The zero-order valence-corrected chi connectivity index (χ0v) is 14.5. The zero-order chi connectivity index (χ0) is 16.8. The van der Waals surface area contributed by atoms with E-state index in [1.54, 1.807) is 0 Å². The molecule has 0 bridgehead atoms. The number of likely N-dealkylation sites (N-methyl/N-ethyl adjacent to an activating group) is 1. The van der Waals surface area contributed by atoms with Gasteiger partial charge >= 0.3 is 6.03 Å². The number of nitrogens with zero attached hydrogens (tertiary/aromatic N) is 3. The van der Waals surface area contributed by atoms with Crippen molar-refractivity contribution >= 4 is 11.7 Å². The molecule has 1 N–H and O–H groups in total. The van der Waals surface area contributed by atoms with E-state index in [2.05, 4.69) is 28.2 Å². The fourth-order valence-electron chi connectivity index (χ4n) is 3.22. The minimum atomic E-state index is 0.0136. The molecule has 2 fully saturated rings. The molecule has 3 rings (SSSR count). The smallest absolute Gasteiger partial charge is 0.321 e. The number of amides is 2. The predicted octanol–water partition coefficient (Wildman–Crippen LogP) is 1.69. The van der Waals surface area contributed by atoms with Gasteiger partial charge in [-0.25, -0.2) is 4.79 Å². The predicted molar refractivity (Wildman–Crippen MR) is 95.2 cm³/mol. The number of urea groups is 1. The minimum Gasteiger partial charge on any atom is -0.379 e. The number of benzene rings is 1. The number of hydrogen-bond donors (Lipinski definition) is 1. The molecule has 0 saturated carbocycles. The third kappa shape index (κ3) is 4.69. The van der Waals surface area contributed by atoms with E-state index in [1.165, 1.54) is 5.56 Å². The van der Waals surface area contributed by atoms with Crippen molar-refractivity contribution in [2.75, 3.05) is 64.8 Å².